The van der Waals surface area contributed by atoms with Gasteiger partial charge in [0.1, 0.15) is 11.6 Å². The minimum absolute atomic E-state index is 0.296. The maximum absolute atomic E-state index is 14.8. The summed E-state index contributed by atoms with van der Waals surface area (Å²) in [6, 6.07) is 8.64. The average molecular weight is 443 g/mol. The first kappa shape index (κ1) is 19.1. The zero-order valence-corrected chi connectivity index (χ0v) is 16.7. The monoisotopic (exact) mass is 441 g/mol. The molecule has 0 amide bonds. The lowest BCUT2D eigenvalue weighted by molar-refractivity contribution is -0.159. The molecule has 1 aliphatic heterocycles. The highest BCUT2D eigenvalue weighted by molar-refractivity contribution is 9.10. The van der Waals surface area contributed by atoms with Crippen LogP contribution in [0.25, 0.3) is 11.1 Å². The van der Waals surface area contributed by atoms with Crippen molar-refractivity contribution in [1.29, 1.82) is 0 Å². The largest absolute Gasteiger partial charge is 0.496 e. The van der Waals surface area contributed by atoms with Gasteiger partial charge < -0.3 is 9.84 Å². The summed E-state index contributed by atoms with van der Waals surface area (Å²) in [7, 11) is 1.49. The molecule has 138 valence electrons. The molecular formula is C19H18BrClFNO3. The number of hydrogen-bond acceptors (Lipinski definition) is 3. The fourth-order valence-electron chi connectivity index (χ4n) is 3.24. The van der Waals surface area contributed by atoms with E-state index in [4.69, 9.17) is 16.3 Å². The van der Waals surface area contributed by atoms with Crippen molar-refractivity contribution in [2.45, 2.75) is 13.5 Å². The van der Waals surface area contributed by atoms with E-state index >= 15 is 0 Å². The lowest BCUT2D eigenvalue weighted by atomic mass is 9.82. The van der Waals surface area contributed by atoms with E-state index in [1.54, 1.807) is 13.0 Å². The summed E-state index contributed by atoms with van der Waals surface area (Å²) in [6.07, 6.45) is 0. The van der Waals surface area contributed by atoms with Crippen molar-refractivity contribution < 1.29 is 19.0 Å². The molecule has 0 radical (unpaired) electrons. The number of carbonyl (C=O) groups is 1. The van der Waals surface area contributed by atoms with E-state index in [9.17, 15) is 14.3 Å². The van der Waals surface area contributed by atoms with E-state index in [0.29, 0.717) is 47.1 Å². The quantitative estimate of drug-likeness (QED) is 0.721. The molecule has 1 fully saturated rings. The molecule has 0 unspecified atom stereocenters. The standard InChI is InChI=1S/C19H18BrClFNO3/c1-19(18(24)25)9-23(10-19)8-13-15(22)6-11(7-16(13)26-2)12-4-3-5-14(20)17(12)21/h3-7H,8-10H2,1-2H3,(H,24,25). The first-order chi connectivity index (χ1) is 12.2. The number of nitrogens with zero attached hydrogens (tertiary/aromatic N) is 1. The molecule has 26 heavy (non-hydrogen) atoms. The number of carboxylic acids is 1. The third-order valence-electron chi connectivity index (χ3n) is 4.68. The Morgan fingerprint density at radius 2 is 2.12 bits per heavy atom. The number of likely N-dealkylation sites (tertiary alicyclic amines) is 1. The molecule has 0 spiro atoms. The van der Waals surface area contributed by atoms with Gasteiger partial charge in [-0.1, -0.05) is 23.7 Å². The summed E-state index contributed by atoms with van der Waals surface area (Å²) in [4.78, 5) is 13.1. The summed E-state index contributed by atoms with van der Waals surface area (Å²) in [5.41, 5.74) is 0.961. The summed E-state index contributed by atoms with van der Waals surface area (Å²) in [5, 5.41) is 9.70. The Labute approximate surface area is 164 Å². The van der Waals surface area contributed by atoms with Crippen molar-refractivity contribution in [2.24, 2.45) is 5.41 Å². The molecule has 3 rings (SSSR count). The first-order valence-electron chi connectivity index (χ1n) is 8.02. The Balaban J connectivity index is 1.89. The second kappa shape index (κ2) is 7.18. The van der Waals surface area contributed by atoms with E-state index in [1.807, 2.05) is 23.1 Å². The molecule has 2 aromatic rings. The van der Waals surface area contributed by atoms with Crippen molar-refractivity contribution in [3.8, 4) is 16.9 Å². The van der Waals surface area contributed by atoms with Gasteiger partial charge in [-0.3, -0.25) is 9.69 Å². The maximum atomic E-state index is 14.8. The molecule has 1 heterocycles. The van der Waals surface area contributed by atoms with Gasteiger partial charge in [0, 0.05) is 35.2 Å². The third-order valence-corrected chi connectivity index (χ3v) is 5.98. The average Bonchev–Trinajstić information content (AvgIpc) is 2.56. The number of rotatable bonds is 5. The van der Waals surface area contributed by atoms with Gasteiger partial charge in [-0.2, -0.15) is 0 Å². The number of ether oxygens (including phenoxy) is 1. The molecule has 1 saturated heterocycles. The summed E-state index contributed by atoms with van der Waals surface area (Å²) in [6.45, 7) is 2.75. The van der Waals surface area contributed by atoms with E-state index in [0.717, 1.165) is 4.47 Å². The summed E-state index contributed by atoms with van der Waals surface area (Å²) < 4.78 is 20.9. The fourth-order valence-corrected chi connectivity index (χ4v) is 3.84. The van der Waals surface area contributed by atoms with Crippen molar-refractivity contribution in [2.75, 3.05) is 20.2 Å². The topological polar surface area (TPSA) is 49.8 Å². The summed E-state index contributed by atoms with van der Waals surface area (Å²) in [5.74, 6) is -0.819. The molecule has 1 N–H and O–H groups in total. The van der Waals surface area contributed by atoms with Crippen LogP contribution in [-0.2, 0) is 11.3 Å². The van der Waals surface area contributed by atoms with Crippen LogP contribution in [0, 0.1) is 11.2 Å². The minimum atomic E-state index is -0.833. The number of carboxylic acid groups (broad SMARTS) is 1. The van der Waals surface area contributed by atoms with Gasteiger partial charge in [-0.25, -0.2) is 4.39 Å². The lowest BCUT2D eigenvalue weighted by Crippen LogP contribution is -2.58. The lowest BCUT2D eigenvalue weighted by Gasteiger charge is -2.45. The highest BCUT2D eigenvalue weighted by Gasteiger charge is 2.45. The van der Waals surface area contributed by atoms with Crippen LogP contribution in [0.2, 0.25) is 5.02 Å². The molecular weight excluding hydrogens is 425 g/mol. The van der Waals surface area contributed by atoms with Gasteiger partial charge in [-0.05, 0) is 46.6 Å². The number of aliphatic carboxylic acids is 1. The smallest absolute Gasteiger partial charge is 0.311 e. The second-order valence-electron chi connectivity index (χ2n) is 6.75. The normalized spacial score (nSPS) is 16.2. The van der Waals surface area contributed by atoms with Crippen LogP contribution < -0.4 is 4.74 Å². The van der Waals surface area contributed by atoms with E-state index in [2.05, 4.69) is 15.9 Å². The number of hydrogen-bond donors (Lipinski definition) is 1. The predicted molar refractivity (Wildman–Crippen MR) is 102 cm³/mol. The van der Waals surface area contributed by atoms with Crippen LogP contribution in [0.1, 0.15) is 12.5 Å². The third kappa shape index (κ3) is 3.46. The Morgan fingerprint density at radius 3 is 2.73 bits per heavy atom. The highest BCUT2D eigenvalue weighted by atomic mass is 79.9. The van der Waals surface area contributed by atoms with Crippen molar-refractivity contribution >= 4 is 33.5 Å². The number of benzene rings is 2. The van der Waals surface area contributed by atoms with Gasteiger partial charge in [0.2, 0.25) is 0 Å². The zero-order chi connectivity index (χ0) is 19.1. The Kier molecular flexibility index (Phi) is 5.28. The van der Waals surface area contributed by atoms with Crippen molar-refractivity contribution in [1.82, 2.24) is 4.90 Å². The molecule has 7 heteroatoms. The van der Waals surface area contributed by atoms with E-state index in [1.165, 1.54) is 13.2 Å². The second-order valence-corrected chi connectivity index (χ2v) is 7.98. The van der Waals surface area contributed by atoms with Gasteiger partial charge in [0.05, 0.1) is 17.5 Å². The first-order valence-corrected chi connectivity index (χ1v) is 9.19. The van der Waals surface area contributed by atoms with Crippen LogP contribution in [0.4, 0.5) is 4.39 Å². The fraction of sp³-hybridized carbons (Fsp3) is 0.316. The minimum Gasteiger partial charge on any atom is -0.496 e. The molecule has 0 bridgehead atoms. The van der Waals surface area contributed by atoms with Gasteiger partial charge in [0.15, 0.2) is 0 Å². The number of halogens is 3. The Morgan fingerprint density at radius 1 is 1.42 bits per heavy atom. The zero-order valence-electron chi connectivity index (χ0n) is 14.4. The predicted octanol–water partition coefficient (Wildman–Crippen LogP) is 4.82. The highest BCUT2D eigenvalue weighted by Crippen LogP contribution is 2.38. The molecule has 2 aromatic carbocycles. The van der Waals surface area contributed by atoms with E-state index < -0.39 is 17.2 Å². The van der Waals surface area contributed by atoms with Crippen molar-refractivity contribution in [3.05, 3.63) is 51.2 Å². The molecule has 0 aliphatic carbocycles. The van der Waals surface area contributed by atoms with Crippen LogP contribution in [0.15, 0.2) is 34.8 Å². The van der Waals surface area contributed by atoms with Crippen LogP contribution in [0.3, 0.4) is 0 Å². The molecule has 0 atom stereocenters. The SMILES string of the molecule is COc1cc(-c2cccc(Br)c2Cl)cc(F)c1CN1CC(C)(C(=O)O)C1. The Hall–Kier alpha value is -1.63. The van der Waals surface area contributed by atoms with Crippen LogP contribution >= 0.6 is 27.5 Å². The molecule has 0 aromatic heterocycles. The van der Waals surface area contributed by atoms with Crippen LogP contribution in [-0.4, -0.2) is 36.2 Å². The van der Waals surface area contributed by atoms with Crippen molar-refractivity contribution in [3.63, 3.8) is 0 Å². The van der Waals surface area contributed by atoms with Gasteiger partial charge in [-0.15, -0.1) is 0 Å². The number of methoxy groups -OCH3 is 1. The van der Waals surface area contributed by atoms with E-state index in [-0.39, 0.29) is 0 Å². The molecule has 4 nitrogen and oxygen atoms in total. The molecule has 0 saturated carbocycles. The van der Waals surface area contributed by atoms with Gasteiger partial charge >= 0.3 is 5.97 Å². The van der Waals surface area contributed by atoms with Crippen LogP contribution in [0.5, 0.6) is 5.75 Å². The molecule has 1 aliphatic rings. The maximum Gasteiger partial charge on any atom is 0.311 e. The van der Waals surface area contributed by atoms with Gasteiger partial charge in [0.25, 0.3) is 0 Å². The Bertz CT molecular complexity index is 868. The summed E-state index contributed by atoms with van der Waals surface area (Å²) >= 11 is 9.69.